The second-order valence-corrected chi connectivity index (χ2v) is 24.1. The van der Waals surface area contributed by atoms with Gasteiger partial charge >= 0.3 is 5.97 Å². The van der Waals surface area contributed by atoms with Gasteiger partial charge in [0.05, 0.1) is 6.04 Å². The molecule has 0 fully saturated rings. The summed E-state index contributed by atoms with van der Waals surface area (Å²) >= 11 is 0. The van der Waals surface area contributed by atoms with Gasteiger partial charge in [0.25, 0.3) is 0 Å². The Morgan fingerprint density at radius 3 is 1.02 bits per heavy atom. The number of hydrogen-bond donors (Lipinski definition) is 11. The molecule has 20 nitrogen and oxygen atoms in total. The predicted molar refractivity (Wildman–Crippen MR) is 309 cm³/mol. The fourth-order valence-electron chi connectivity index (χ4n) is 9.10. The van der Waals surface area contributed by atoms with E-state index >= 15 is 0 Å². The number of carbonyl (C=O) groups excluding carboxylic acids is 8. The largest absolute Gasteiger partial charge is 0.508 e. The molecule has 0 saturated carbocycles. The van der Waals surface area contributed by atoms with Gasteiger partial charge in [0.2, 0.25) is 47.3 Å². The summed E-state index contributed by atoms with van der Waals surface area (Å²) < 4.78 is 0. The van der Waals surface area contributed by atoms with E-state index in [9.17, 15) is 53.4 Å². The van der Waals surface area contributed by atoms with E-state index in [4.69, 9.17) is 5.73 Å². The molecule has 10 atom stereocenters. The van der Waals surface area contributed by atoms with Crippen molar-refractivity contribution in [2.45, 2.75) is 209 Å². The number of carbonyl (C=O) groups is 9. The first kappa shape index (κ1) is 69.5. The first-order valence-electron chi connectivity index (χ1n) is 28.6. The zero-order chi connectivity index (χ0) is 60.6. The van der Waals surface area contributed by atoms with Gasteiger partial charge in [0.1, 0.15) is 54.1 Å². The van der Waals surface area contributed by atoms with E-state index in [2.05, 4.69) is 42.5 Å². The number of aromatic hydroxyl groups is 1. The normalized spacial score (nSPS) is 15.4. The van der Waals surface area contributed by atoms with E-state index in [0.717, 1.165) is 0 Å². The van der Waals surface area contributed by atoms with E-state index in [1.54, 1.807) is 49.4 Å². The quantitative estimate of drug-likeness (QED) is 0.0444. The smallest absolute Gasteiger partial charge is 0.326 e. The summed E-state index contributed by atoms with van der Waals surface area (Å²) in [5.41, 5.74) is 7.66. The minimum atomic E-state index is -1.27. The number of nitrogens with two attached hydrogens (primary N) is 1. The fraction of sp³-hybridized carbons (Fsp3) is 0.650. The highest BCUT2D eigenvalue weighted by molar-refractivity contribution is 5.98. The molecule has 0 aliphatic carbocycles. The molecule has 0 unspecified atom stereocenters. The number of hydrogen-bond acceptors (Lipinski definition) is 11. The van der Waals surface area contributed by atoms with Gasteiger partial charge in [-0.1, -0.05) is 146 Å². The topological polar surface area (TPSA) is 316 Å². The van der Waals surface area contributed by atoms with E-state index < -0.39 is 108 Å². The number of rotatable bonds is 35. The van der Waals surface area contributed by atoms with Gasteiger partial charge in [-0.15, -0.1) is 0 Å². The lowest BCUT2D eigenvalue weighted by Crippen LogP contribution is -2.61. The van der Waals surface area contributed by atoms with Crippen LogP contribution in [0.5, 0.6) is 5.75 Å². The number of nitrogens with one attached hydrogen (secondary N) is 8. The van der Waals surface area contributed by atoms with Crippen molar-refractivity contribution in [1.29, 1.82) is 0 Å². The maximum absolute atomic E-state index is 14.6. The van der Waals surface area contributed by atoms with Crippen LogP contribution in [0.3, 0.4) is 0 Å². The second kappa shape index (κ2) is 34.5. The molecule has 20 heteroatoms. The molecule has 80 heavy (non-hydrogen) atoms. The monoisotopic (exact) mass is 1120 g/mol. The lowest BCUT2D eigenvalue weighted by Gasteiger charge is -2.30. The van der Waals surface area contributed by atoms with Crippen molar-refractivity contribution in [2.75, 3.05) is 0 Å². The van der Waals surface area contributed by atoms with Gasteiger partial charge < -0.3 is 58.5 Å². The summed E-state index contributed by atoms with van der Waals surface area (Å²) in [6, 6.07) is 4.83. The van der Waals surface area contributed by atoms with Crippen LogP contribution in [0.1, 0.15) is 153 Å². The standard InChI is InChI=1S/C60H97N9O11/c1-15-39(14)51(69-52(71)43(61)31-41-21-23-42(70)24-22-41)59(78)67-48(29-37(10)11)56(75)63-44(25-33(2)3)53(72)62-46(27-35(6)7)55(74)66-49(32-40-19-17-16-18-20-40)58(77)65-45(26-34(4)5)54(73)64-47(28-36(8)9)57(76)68-50(60(79)80)30-38(12)13/h16-24,33-39,43-51,70H,15,25-32,61H2,1-14H3,(H,62,72)(H,63,75)(H,64,73)(H,65,77)(H,66,74)(H,67,78)(H,68,76)(H,69,71)(H,79,80)/t39-,43-,44-,45-,46-,47-,48-,49-,50-,51-/m0/s1. The Hall–Kier alpha value is -6.57. The number of carboxylic acids is 1. The second-order valence-electron chi connectivity index (χ2n) is 24.1. The lowest BCUT2D eigenvalue weighted by atomic mass is 9.95. The van der Waals surface area contributed by atoms with Gasteiger partial charge in [-0.3, -0.25) is 38.4 Å². The maximum atomic E-state index is 14.6. The molecule has 448 valence electrons. The molecule has 12 N–H and O–H groups in total. The highest BCUT2D eigenvalue weighted by Crippen LogP contribution is 2.17. The number of benzene rings is 2. The Kier molecular flexibility index (Phi) is 30.0. The molecule has 0 aliphatic rings. The summed E-state index contributed by atoms with van der Waals surface area (Å²) in [5.74, 6) is -7.39. The van der Waals surface area contributed by atoms with E-state index in [1.807, 2.05) is 90.0 Å². The van der Waals surface area contributed by atoms with Crippen LogP contribution in [0, 0.1) is 41.4 Å². The molecule has 0 aromatic heterocycles. The van der Waals surface area contributed by atoms with Crippen molar-refractivity contribution in [3.05, 3.63) is 65.7 Å². The average molecular weight is 1120 g/mol. The molecule has 0 spiro atoms. The van der Waals surface area contributed by atoms with Crippen molar-refractivity contribution in [2.24, 2.45) is 47.2 Å². The zero-order valence-electron chi connectivity index (χ0n) is 49.9. The molecule has 0 aliphatic heterocycles. The number of amides is 8. The predicted octanol–water partition coefficient (Wildman–Crippen LogP) is 4.79. The molecule has 0 radical (unpaired) electrons. The van der Waals surface area contributed by atoms with E-state index in [-0.39, 0.29) is 98.5 Å². The molecular weight excluding hydrogens is 1020 g/mol. The van der Waals surface area contributed by atoms with Crippen molar-refractivity contribution in [3.8, 4) is 5.75 Å². The van der Waals surface area contributed by atoms with Gasteiger partial charge in [0, 0.05) is 6.42 Å². The Labute approximate surface area is 475 Å². The first-order valence-corrected chi connectivity index (χ1v) is 28.6. The highest BCUT2D eigenvalue weighted by atomic mass is 16.4. The van der Waals surface area contributed by atoms with Crippen LogP contribution in [-0.4, -0.2) is 118 Å². The SMILES string of the molecule is CC[C@H](C)[C@H](NC(=O)[C@@H](N)Cc1ccc(O)cc1)C(=O)N[C@@H](CC(C)C)C(=O)N[C@@H](CC(C)C)C(=O)N[C@@H](CC(C)C)C(=O)N[C@@H](Cc1ccccc1)C(=O)N[C@@H](CC(C)C)C(=O)N[C@@H](CC(C)C)C(=O)N[C@@H](CC(C)C)C(=O)O. The molecule has 0 heterocycles. The van der Waals surface area contributed by atoms with Gasteiger partial charge in [-0.25, -0.2) is 4.79 Å². The number of aliphatic carboxylic acids is 1. The van der Waals surface area contributed by atoms with Gasteiger partial charge in [-0.2, -0.15) is 0 Å². The molecule has 0 bridgehead atoms. The van der Waals surface area contributed by atoms with Crippen molar-refractivity contribution < 1.29 is 53.4 Å². The van der Waals surface area contributed by atoms with Gasteiger partial charge in [0.15, 0.2) is 0 Å². The first-order chi connectivity index (χ1) is 37.4. The summed E-state index contributed by atoms with van der Waals surface area (Å²) in [7, 11) is 0. The van der Waals surface area contributed by atoms with Crippen LogP contribution in [0.4, 0.5) is 0 Å². The minimum Gasteiger partial charge on any atom is -0.508 e. The summed E-state index contributed by atoms with van der Waals surface area (Å²) in [6.07, 6.45) is 1.59. The van der Waals surface area contributed by atoms with Gasteiger partial charge in [-0.05, 0) is 110 Å². The van der Waals surface area contributed by atoms with Crippen LogP contribution < -0.4 is 48.3 Å². The molecule has 2 aromatic rings. The fourth-order valence-corrected chi connectivity index (χ4v) is 9.10. The van der Waals surface area contributed by atoms with Crippen LogP contribution in [0.15, 0.2) is 54.6 Å². The number of phenols is 1. The summed E-state index contributed by atoms with van der Waals surface area (Å²) in [4.78, 5) is 125. The Morgan fingerprint density at radius 2 is 0.688 bits per heavy atom. The Morgan fingerprint density at radius 1 is 0.388 bits per heavy atom. The zero-order valence-corrected chi connectivity index (χ0v) is 49.9. The molecular formula is C60H97N9O11. The average Bonchev–Trinajstić information content (AvgIpc) is 3.36. The van der Waals surface area contributed by atoms with Crippen LogP contribution in [-0.2, 0) is 56.0 Å². The number of phenolic OH excluding ortho intramolecular Hbond substituents is 1. The molecule has 0 saturated heterocycles. The maximum Gasteiger partial charge on any atom is 0.326 e. The third kappa shape index (κ3) is 25.7. The number of carboxylic acid groups (broad SMARTS) is 1. The van der Waals surface area contributed by atoms with Crippen molar-refractivity contribution in [3.63, 3.8) is 0 Å². The van der Waals surface area contributed by atoms with E-state index in [1.165, 1.54) is 12.1 Å². The highest BCUT2D eigenvalue weighted by Gasteiger charge is 2.37. The minimum absolute atomic E-state index is 0.00917. The Bertz CT molecular complexity index is 2310. The molecule has 2 rings (SSSR count). The molecule has 2 aromatic carbocycles. The van der Waals surface area contributed by atoms with Crippen LogP contribution >= 0.6 is 0 Å². The lowest BCUT2D eigenvalue weighted by molar-refractivity contribution is -0.143. The van der Waals surface area contributed by atoms with Crippen LogP contribution in [0.2, 0.25) is 0 Å². The summed E-state index contributed by atoms with van der Waals surface area (Å²) in [5, 5.41) is 41.9. The van der Waals surface area contributed by atoms with Crippen molar-refractivity contribution in [1.82, 2.24) is 42.5 Å². The molecule has 8 amide bonds. The third-order valence-corrected chi connectivity index (χ3v) is 13.5. The van der Waals surface area contributed by atoms with Crippen molar-refractivity contribution >= 4 is 53.2 Å². The Balaban J connectivity index is 2.45. The third-order valence-electron chi connectivity index (χ3n) is 13.5. The van der Waals surface area contributed by atoms with E-state index in [0.29, 0.717) is 17.5 Å². The van der Waals surface area contributed by atoms with Crippen LogP contribution in [0.25, 0.3) is 0 Å². The summed E-state index contributed by atoms with van der Waals surface area (Å²) in [6.45, 7) is 26.0.